The van der Waals surface area contributed by atoms with E-state index in [0.29, 0.717) is 6.54 Å². The van der Waals surface area contributed by atoms with Crippen LogP contribution in [0.1, 0.15) is 0 Å². The number of aromatic nitrogens is 1. The maximum Gasteiger partial charge on any atom is 0.258 e. The Morgan fingerprint density at radius 3 is 3.20 bits per heavy atom. The second-order valence-electron chi connectivity index (χ2n) is 2.67. The average molecular weight is 210 g/mol. The SMILES string of the molecule is C=CCNC(=O)COc1cccnc1F. The minimum absolute atomic E-state index is 0.0359. The quantitative estimate of drug-likeness (QED) is 0.580. The Balaban J connectivity index is 2.40. The molecule has 1 rings (SSSR count). The van der Waals surface area contributed by atoms with Crippen molar-refractivity contribution in [2.45, 2.75) is 0 Å². The molecule has 0 aliphatic carbocycles. The summed E-state index contributed by atoms with van der Waals surface area (Å²) in [6.45, 7) is 3.56. The number of hydrogen-bond donors (Lipinski definition) is 1. The Bertz CT molecular complexity index is 355. The van der Waals surface area contributed by atoms with Gasteiger partial charge in [-0.3, -0.25) is 4.79 Å². The fraction of sp³-hybridized carbons (Fsp3) is 0.200. The van der Waals surface area contributed by atoms with Crippen molar-refractivity contribution in [1.29, 1.82) is 0 Å². The Morgan fingerprint density at radius 1 is 1.73 bits per heavy atom. The molecule has 5 heteroatoms. The molecular formula is C10H11FN2O2. The number of rotatable bonds is 5. The maximum absolute atomic E-state index is 12.9. The van der Waals surface area contributed by atoms with E-state index in [1.807, 2.05) is 0 Å². The van der Waals surface area contributed by atoms with Gasteiger partial charge in [-0.05, 0) is 12.1 Å². The lowest BCUT2D eigenvalue weighted by Crippen LogP contribution is -2.28. The summed E-state index contributed by atoms with van der Waals surface area (Å²) in [5, 5.41) is 2.50. The zero-order valence-corrected chi connectivity index (χ0v) is 8.07. The summed E-state index contributed by atoms with van der Waals surface area (Å²) in [6.07, 6.45) is 2.85. The van der Waals surface area contributed by atoms with E-state index >= 15 is 0 Å². The van der Waals surface area contributed by atoms with Gasteiger partial charge in [0.25, 0.3) is 11.9 Å². The summed E-state index contributed by atoms with van der Waals surface area (Å²) in [5.74, 6) is -1.10. The molecule has 0 aromatic carbocycles. The summed E-state index contributed by atoms with van der Waals surface area (Å²) >= 11 is 0. The standard InChI is InChI=1S/C10H11FN2O2/c1-2-5-12-9(14)7-15-8-4-3-6-13-10(8)11/h2-4,6H,1,5,7H2,(H,12,14). The molecule has 0 bridgehead atoms. The van der Waals surface area contributed by atoms with Crippen LogP contribution >= 0.6 is 0 Å². The third kappa shape index (κ3) is 3.76. The molecule has 0 saturated carbocycles. The number of carbonyl (C=O) groups is 1. The van der Waals surface area contributed by atoms with Crippen LogP contribution in [0, 0.1) is 5.95 Å². The number of pyridine rings is 1. The largest absolute Gasteiger partial charge is 0.479 e. The second-order valence-corrected chi connectivity index (χ2v) is 2.67. The number of hydrogen-bond acceptors (Lipinski definition) is 3. The molecule has 1 amide bonds. The van der Waals surface area contributed by atoms with Crippen molar-refractivity contribution < 1.29 is 13.9 Å². The van der Waals surface area contributed by atoms with Gasteiger partial charge in [0.1, 0.15) is 0 Å². The lowest BCUT2D eigenvalue weighted by Gasteiger charge is -2.05. The van der Waals surface area contributed by atoms with Gasteiger partial charge in [-0.15, -0.1) is 6.58 Å². The van der Waals surface area contributed by atoms with Gasteiger partial charge in [-0.25, -0.2) is 4.98 Å². The molecule has 1 aromatic rings. The van der Waals surface area contributed by atoms with E-state index in [2.05, 4.69) is 16.9 Å². The molecule has 0 aliphatic heterocycles. The Hall–Kier alpha value is -1.91. The van der Waals surface area contributed by atoms with Crippen molar-refractivity contribution in [2.75, 3.05) is 13.2 Å². The Kier molecular flexibility index (Phi) is 4.28. The van der Waals surface area contributed by atoms with Crippen molar-refractivity contribution in [2.24, 2.45) is 0 Å². The third-order valence-electron chi connectivity index (χ3n) is 1.53. The zero-order chi connectivity index (χ0) is 11.1. The number of ether oxygens (including phenoxy) is 1. The first-order valence-corrected chi connectivity index (χ1v) is 4.35. The molecule has 0 saturated heterocycles. The van der Waals surface area contributed by atoms with Crippen LogP contribution in [-0.4, -0.2) is 24.0 Å². The van der Waals surface area contributed by atoms with Gasteiger partial charge in [-0.1, -0.05) is 6.08 Å². The van der Waals surface area contributed by atoms with Gasteiger partial charge in [0.2, 0.25) is 0 Å². The van der Waals surface area contributed by atoms with Gasteiger partial charge in [0.05, 0.1) is 0 Å². The Labute approximate surface area is 86.8 Å². The molecule has 1 heterocycles. The first-order chi connectivity index (χ1) is 7.24. The molecule has 4 nitrogen and oxygen atoms in total. The number of carbonyl (C=O) groups excluding carboxylic acids is 1. The lowest BCUT2D eigenvalue weighted by atomic mass is 10.4. The number of nitrogens with zero attached hydrogens (tertiary/aromatic N) is 1. The average Bonchev–Trinajstić information content (AvgIpc) is 2.25. The van der Waals surface area contributed by atoms with Crippen molar-refractivity contribution >= 4 is 5.91 Å². The van der Waals surface area contributed by atoms with Gasteiger partial charge in [0, 0.05) is 12.7 Å². The van der Waals surface area contributed by atoms with Crippen molar-refractivity contribution in [1.82, 2.24) is 10.3 Å². The van der Waals surface area contributed by atoms with E-state index in [-0.39, 0.29) is 18.3 Å². The minimum atomic E-state index is -0.728. The molecule has 1 aromatic heterocycles. The van der Waals surface area contributed by atoms with E-state index in [4.69, 9.17) is 4.74 Å². The molecule has 0 aliphatic rings. The highest BCUT2D eigenvalue weighted by Gasteiger charge is 2.05. The molecule has 0 atom stereocenters. The maximum atomic E-state index is 12.9. The van der Waals surface area contributed by atoms with Crippen LogP contribution in [0.3, 0.4) is 0 Å². The van der Waals surface area contributed by atoms with E-state index in [1.165, 1.54) is 18.3 Å². The molecule has 0 spiro atoms. The van der Waals surface area contributed by atoms with E-state index in [0.717, 1.165) is 0 Å². The highest BCUT2D eigenvalue weighted by molar-refractivity contribution is 5.77. The summed E-state index contributed by atoms with van der Waals surface area (Å²) in [4.78, 5) is 14.4. The zero-order valence-electron chi connectivity index (χ0n) is 8.07. The number of nitrogens with one attached hydrogen (secondary N) is 1. The summed E-state index contributed by atoms with van der Waals surface area (Å²) in [7, 11) is 0. The highest BCUT2D eigenvalue weighted by atomic mass is 19.1. The molecule has 15 heavy (non-hydrogen) atoms. The fourth-order valence-electron chi connectivity index (χ4n) is 0.859. The first kappa shape index (κ1) is 11.2. The smallest absolute Gasteiger partial charge is 0.258 e. The van der Waals surface area contributed by atoms with Gasteiger partial charge in [0.15, 0.2) is 12.4 Å². The van der Waals surface area contributed by atoms with Crippen LogP contribution in [0.15, 0.2) is 31.0 Å². The molecule has 0 radical (unpaired) electrons. The first-order valence-electron chi connectivity index (χ1n) is 4.35. The van der Waals surface area contributed by atoms with Crippen LogP contribution in [0.5, 0.6) is 5.75 Å². The van der Waals surface area contributed by atoms with Gasteiger partial charge >= 0.3 is 0 Å². The molecule has 80 valence electrons. The minimum Gasteiger partial charge on any atom is -0.479 e. The third-order valence-corrected chi connectivity index (χ3v) is 1.53. The van der Waals surface area contributed by atoms with Crippen molar-refractivity contribution in [3.63, 3.8) is 0 Å². The van der Waals surface area contributed by atoms with Gasteiger partial charge in [-0.2, -0.15) is 4.39 Å². The molecule has 0 unspecified atom stereocenters. The van der Waals surface area contributed by atoms with Crippen LogP contribution < -0.4 is 10.1 Å². The Morgan fingerprint density at radius 2 is 2.53 bits per heavy atom. The normalized spacial score (nSPS) is 9.40. The van der Waals surface area contributed by atoms with Gasteiger partial charge < -0.3 is 10.1 Å². The predicted molar refractivity (Wildman–Crippen MR) is 52.9 cm³/mol. The summed E-state index contributed by atoms with van der Waals surface area (Å²) in [5.41, 5.74) is 0. The fourth-order valence-corrected chi connectivity index (χ4v) is 0.859. The second kappa shape index (κ2) is 5.74. The van der Waals surface area contributed by atoms with E-state index in [1.54, 1.807) is 6.08 Å². The van der Waals surface area contributed by atoms with Crippen LogP contribution in [-0.2, 0) is 4.79 Å². The topological polar surface area (TPSA) is 51.2 Å². The highest BCUT2D eigenvalue weighted by Crippen LogP contribution is 2.12. The van der Waals surface area contributed by atoms with Crippen LogP contribution in [0.25, 0.3) is 0 Å². The monoisotopic (exact) mass is 210 g/mol. The number of halogens is 1. The van der Waals surface area contributed by atoms with E-state index < -0.39 is 5.95 Å². The molecular weight excluding hydrogens is 199 g/mol. The van der Waals surface area contributed by atoms with Crippen molar-refractivity contribution in [3.05, 3.63) is 36.9 Å². The van der Waals surface area contributed by atoms with E-state index in [9.17, 15) is 9.18 Å². The summed E-state index contributed by atoms with van der Waals surface area (Å²) < 4.78 is 17.8. The predicted octanol–water partition coefficient (Wildman–Crippen LogP) is 0.902. The summed E-state index contributed by atoms with van der Waals surface area (Å²) in [6, 6.07) is 2.93. The lowest BCUT2D eigenvalue weighted by molar-refractivity contribution is -0.122. The van der Waals surface area contributed by atoms with Crippen LogP contribution in [0.4, 0.5) is 4.39 Å². The van der Waals surface area contributed by atoms with Crippen LogP contribution in [0.2, 0.25) is 0 Å². The molecule has 0 fully saturated rings. The van der Waals surface area contributed by atoms with Crippen molar-refractivity contribution in [3.8, 4) is 5.75 Å². The number of amides is 1. The molecule has 1 N–H and O–H groups in total.